The van der Waals surface area contributed by atoms with Crippen molar-refractivity contribution in [3.05, 3.63) is 12.7 Å². The van der Waals surface area contributed by atoms with Gasteiger partial charge in [-0.2, -0.15) is 0 Å². The highest BCUT2D eigenvalue weighted by molar-refractivity contribution is 4.84. The van der Waals surface area contributed by atoms with Crippen LogP contribution in [0.25, 0.3) is 0 Å². The molecule has 1 heterocycles. The van der Waals surface area contributed by atoms with E-state index in [1.807, 2.05) is 0 Å². The number of allylic oxidation sites excluding steroid dienone is 1. The third kappa shape index (κ3) is 4.10. The van der Waals surface area contributed by atoms with E-state index in [1.165, 1.54) is 44.9 Å². The maximum Gasteiger partial charge on any atom is 0.158 e. The van der Waals surface area contributed by atoms with Crippen LogP contribution in [0.4, 0.5) is 0 Å². The van der Waals surface area contributed by atoms with E-state index in [1.54, 1.807) is 0 Å². The summed E-state index contributed by atoms with van der Waals surface area (Å²) >= 11 is 0. The van der Waals surface area contributed by atoms with Crippen molar-refractivity contribution in [3.63, 3.8) is 0 Å². The van der Waals surface area contributed by atoms with Crippen LogP contribution >= 0.6 is 0 Å². The van der Waals surface area contributed by atoms with Crippen LogP contribution in [0, 0.1) is 11.8 Å². The second-order valence-electron chi connectivity index (χ2n) is 5.90. The first-order valence-electron chi connectivity index (χ1n) is 7.71. The minimum atomic E-state index is 0.0821. The van der Waals surface area contributed by atoms with Crippen molar-refractivity contribution in [1.82, 2.24) is 0 Å². The van der Waals surface area contributed by atoms with Crippen LogP contribution in [-0.2, 0) is 9.47 Å². The zero-order chi connectivity index (χ0) is 12.8. The Morgan fingerprint density at radius 2 is 1.94 bits per heavy atom. The average Bonchev–Trinajstić information content (AvgIpc) is 2.85. The third-order valence-electron chi connectivity index (χ3n) is 4.42. The Morgan fingerprint density at radius 1 is 1.17 bits per heavy atom. The fraction of sp³-hybridized carbons (Fsp3) is 0.875. The summed E-state index contributed by atoms with van der Waals surface area (Å²) in [4.78, 5) is 0. The molecule has 2 atom stereocenters. The number of ether oxygens (including phenoxy) is 2. The Hall–Kier alpha value is -0.340. The highest BCUT2D eigenvalue weighted by Gasteiger charge is 2.26. The SMILES string of the molecule is C=CC1CCC(COC2CCC(CCC)O2)CC1. The first-order valence-corrected chi connectivity index (χ1v) is 7.71. The summed E-state index contributed by atoms with van der Waals surface area (Å²) in [6, 6.07) is 0. The summed E-state index contributed by atoms with van der Waals surface area (Å²) in [5, 5.41) is 0. The fourth-order valence-electron chi connectivity index (χ4n) is 3.16. The molecule has 0 N–H and O–H groups in total. The molecule has 2 unspecified atom stereocenters. The molecule has 0 aromatic rings. The number of hydrogen-bond donors (Lipinski definition) is 0. The Morgan fingerprint density at radius 3 is 2.61 bits per heavy atom. The molecule has 1 aliphatic heterocycles. The molecule has 0 spiro atoms. The Labute approximate surface area is 112 Å². The van der Waals surface area contributed by atoms with Gasteiger partial charge in [0.05, 0.1) is 12.7 Å². The van der Waals surface area contributed by atoms with Gasteiger partial charge in [-0.15, -0.1) is 6.58 Å². The molecule has 2 heteroatoms. The molecule has 18 heavy (non-hydrogen) atoms. The van der Waals surface area contributed by atoms with Crippen LogP contribution in [0.3, 0.4) is 0 Å². The Bertz CT molecular complexity index is 243. The van der Waals surface area contributed by atoms with Gasteiger partial charge in [-0.05, 0) is 50.4 Å². The first-order chi connectivity index (χ1) is 8.81. The molecule has 1 aliphatic carbocycles. The zero-order valence-corrected chi connectivity index (χ0v) is 11.8. The smallest absolute Gasteiger partial charge is 0.158 e. The van der Waals surface area contributed by atoms with Gasteiger partial charge in [-0.25, -0.2) is 0 Å². The van der Waals surface area contributed by atoms with Crippen molar-refractivity contribution in [3.8, 4) is 0 Å². The minimum Gasteiger partial charge on any atom is -0.352 e. The Kier molecular flexibility index (Phi) is 5.71. The molecular weight excluding hydrogens is 224 g/mol. The van der Waals surface area contributed by atoms with E-state index in [2.05, 4.69) is 19.6 Å². The predicted molar refractivity (Wildman–Crippen MR) is 74.4 cm³/mol. The zero-order valence-electron chi connectivity index (χ0n) is 11.8. The lowest BCUT2D eigenvalue weighted by molar-refractivity contribution is -0.144. The summed E-state index contributed by atoms with van der Waals surface area (Å²) in [6.07, 6.45) is 12.5. The topological polar surface area (TPSA) is 18.5 Å². The van der Waals surface area contributed by atoms with E-state index in [9.17, 15) is 0 Å². The fourth-order valence-corrected chi connectivity index (χ4v) is 3.16. The van der Waals surface area contributed by atoms with Gasteiger partial charge >= 0.3 is 0 Å². The van der Waals surface area contributed by atoms with Gasteiger partial charge in [0.15, 0.2) is 6.29 Å². The summed E-state index contributed by atoms with van der Waals surface area (Å²) < 4.78 is 11.8. The molecule has 2 aliphatic rings. The van der Waals surface area contributed by atoms with E-state index >= 15 is 0 Å². The molecule has 0 aromatic heterocycles. The maximum absolute atomic E-state index is 5.94. The largest absolute Gasteiger partial charge is 0.352 e. The minimum absolute atomic E-state index is 0.0821. The van der Waals surface area contributed by atoms with Crippen molar-refractivity contribution < 1.29 is 9.47 Å². The average molecular weight is 252 g/mol. The number of hydrogen-bond acceptors (Lipinski definition) is 2. The molecule has 1 saturated heterocycles. The molecule has 1 saturated carbocycles. The van der Waals surface area contributed by atoms with E-state index in [0.717, 1.165) is 24.9 Å². The third-order valence-corrected chi connectivity index (χ3v) is 4.42. The first kappa shape index (κ1) is 14.1. The van der Waals surface area contributed by atoms with Gasteiger partial charge < -0.3 is 9.47 Å². The van der Waals surface area contributed by atoms with Crippen molar-refractivity contribution in [2.24, 2.45) is 11.8 Å². The summed E-state index contributed by atoms with van der Waals surface area (Å²) in [5.41, 5.74) is 0. The molecule has 0 bridgehead atoms. The van der Waals surface area contributed by atoms with Gasteiger partial charge in [0.1, 0.15) is 0 Å². The van der Waals surface area contributed by atoms with Crippen molar-refractivity contribution in [1.29, 1.82) is 0 Å². The lowest BCUT2D eigenvalue weighted by Gasteiger charge is -2.27. The van der Waals surface area contributed by atoms with Gasteiger partial charge in [0.25, 0.3) is 0 Å². The van der Waals surface area contributed by atoms with Crippen molar-refractivity contribution in [2.45, 2.75) is 70.7 Å². The molecule has 0 aromatic carbocycles. The van der Waals surface area contributed by atoms with Gasteiger partial charge in [0, 0.05) is 6.42 Å². The number of rotatable bonds is 6. The van der Waals surface area contributed by atoms with Crippen molar-refractivity contribution in [2.75, 3.05) is 6.61 Å². The van der Waals surface area contributed by atoms with Gasteiger partial charge in [-0.1, -0.05) is 19.4 Å². The van der Waals surface area contributed by atoms with Gasteiger partial charge in [0.2, 0.25) is 0 Å². The lowest BCUT2D eigenvalue weighted by Crippen LogP contribution is -2.22. The summed E-state index contributed by atoms with van der Waals surface area (Å²) in [7, 11) is 0. The summed E-state index contributed by atoms with van der Waals surface area (Å²) in [5.74, 6) is 1.49. The van der Waals surface area contributed by atoms with E-state index in [0.29, 0.717) is 6.10 Å². The van der Waals surface area contributed by atoms with Crippen LogP contribution in [-0.4, -0.2) is 19.0 Å². The van der Waals surface area contributed by atoms with E-state index < -0.39 is 0 Å². The molecule has 2 nitrogen and oxygen atoms in total. The normalized spacial score (nSPS) is 36.7. The van der Waals surface area contributed by atoms with Crippen LogP contribution in [0.5, 0.6) is 0 Å². The maximum atomic E-state index is 5.94. The monoisotopic (exact) mass is 252 g/mol. The molecule has 0 radical (unpaired) electrons. The van der Waals surface area contributed by atoms with E-state index in [4.69, 9.17) is 9.47 Å². The van der Waals surface area contributed by atoms with Crippen LogP contribution in [0.15, 0.2) is 12.7 Å². The highest BCUT2D eigenvalue weighted by Crippen LogP contribution is 2.31. The Balaban J connectivity index is 1.60. The standard InChI is InChI=1S/C16H28O2/c1-3-5-15-10-11-16(18-15)17-12-14-8-6-13(4-2)7-9-14/h4,13-16H,2-3,5-12H2,1H3. The quantitative estimate of drug-likeness (QED) is 0.656. The molecule has 2 rings (SSSR count). The highest BCUT2D eigenvalue weighted by atomic mass is 16.7. The van der Waals surface area contributed by atoms with Crippen LogP contribution < -0.4 is 0 Å². The van der Waals surface area contributed by atoms with Crippen LogP contribution in [0.1, 0.15) is 58.3 Å². The second kappa shape index (κ2) is 7.30. The molecule has 0 amide bonds. The van der Waals surface area contributed by atoms with Crippen molar-refractivity contribution >= 4 is 0 Å². The molecule has 104 valence electrons. The van der Waals surface area contributed by atoms with Gasteiger partial charge in [-0.3, -0.25) is 0 Å². The van der Waals surface area contributed by atoms with E-state index in [-0.39, 0.29) is 6.29 Å². The summed E-state index contributed by atoms with van der Waals surface area (Å²) in [6.45, 7) is 7.01. The molecular formula is C16H28O2. The van der Waals surface area contributed by atoms with Crippen LogP contribution in [0.2, 0.25) is 0 Å². The lowest BCUT2D eigenvalue weighted by atomic mass is 9.82. The predicted octanol–water partition coefficient (Wildman–Crippen LogP) is 4.30. The second-order valence-corrected chi connectivity index (χ2v) is 5.90. The molecule has 2 fully saturated rings.